The molecule has 0 saturated heterocycles. The molecule has 1 amide bonds. The summed E-state index contributed by atoms with van der Waals surface area (Å²) in [6.07, 6.45) is -0.403. The molecule has 22 heavy (non-hydrogen) atoms. The van der Waals surface area contributed by atoms with E-state index in [2.05, 4.69) is 0 Å². The molecule has 4 nitrogen and oxygen atoms in total. The molecule has 2 rings (SSSR count). The molecule has 0 spiro atoms. The zero-order valence-corrected chi connectivity index (χ0v) is 13.4. The van der Waals surface area contributed by atoms with Gasteiger partial charge in [-0.15, -0.1) is 0 Å². The predicted octanol–water partition coefficient (Wildman–Crippen LogP) is 4.09. The molecule has 0 N–H and O–H groups in total. The maximum atomic E-state index is 11.7. The lowest BCUT2D eigenvalue weighted by Crippen LogP contribution is -2.27. The largest absolute Gasteiger partial charge is 0.488 e. The second-order valence-corrected chi connectivity index (χ2v) is 5.17. The fourth-order valence-electron chi connectivity index (χ4n) is 2.37. The molecule has 0 aliphatic heterocycles. The second kappa shape index (κ2) is 6.98. The molecule has 0 unspecified atom stereocenters. The lowest BCUT2D eigenvalue weighted by molar-refractivity contribution is 0.180. The van der Waals surface area contributed by atoms with Crippen LogP contribution in [-0.4, -0.2) is 20.3 Å². The SMILES string of the molecule is COC(=O)N(C)c1ccccc1COc1c(C)cccc1C. The smallest absolute Gasteiger partial charge is 0.413 e. The van der Waals surface area contributed by atoms with Gasteiger partial charge in [0.15, 0.2) is 0 Å². The first kappa shape index (κ1) is 15.9. The van der Waals surface area contributed by atoms with E-state index in [1.165, 1.54) is 12.0 Å². The first-order chi connectivity index (χ1) is 10.5. The van der Waals surface area contributed by atoms with Gasteiger partial charge in [0.1, 0.15) is 12.4 Å². The summed E-state index contributed by atoms with van der Waals surface area (Å²) in [6.45, 7) is 4.44. The highest BCUT2D eigenvalue weighted by molar-refractivity contribution is 5.87. The number of benzene rings is 2. The lowest BCUT2D eigenvalue weighted by Gasteiger charge is -2.20. The van der Waals surface area contributed by atoms with Crippen molar-refractivity contribution in [3.63, 3.8) is 0 Å². The minimum atomic E-state index is -0.403. The van der Waals surface area contributed by atoms with Crippen LogP contribution in [0.2, 0.25) is 0 Å². The van der Waals surface area contributed by atoms with Gasteiger partial charge in [-0.05, 0) is 31.0 Å². The van der Waals surface area contributed by atoms with Gasteiger partial charge in [-0.1, -0.05) is 36.4 Å². The van der Waals surface area contributed by atoms with Crippen molar-refractivity contribution in [3.05, 3.63) is 59.2 Å². The quantitative estimate of drug-likeness (QED) is 0.853. The van der Waals surface area contributed by atoms with Crippen LogP contribution in [0.1, 0.15) is 16.7 Å². The Bertz CT molecular complexity index is 647. The van der Waals surface area contributed by atoms with E-state index in [0.29, 0.717) is 6.61 Å². The van der Waals surface area contributed by atoms with Crippen molar-refractivity contribution in [2.24, 2.45) is 0 Å². The monoisotopic (exact) mass is 299 g/mol. The van der Waals surface area contributed by atoms with E-state index in [1.807, 2.05) is 56.3 Å². The molecule has 0 aliphatic rings. The van der Waals surface area contributed by atoms with Gasteiger partial charge < -0.3 is 9.47 Å². The normalized spacial score (nSPS) is 10.2. The molecule has 116 valence electrons. The first-order valence-corrected chi connectivity index (χ1v) is 7.13. The van der Waals surface area contributed by atoms with Crippen LogP contribution < -0.4 is 9.64 Å². The van der Waals surface area contributed by atoms with Crippen LogP contribution in [0, 0.1) is 13.8 Å². The number of aryl methyl sites for hydroxylation is 2. The van der Waals surface area contributed by atoms with Crippen molar-refractivity contribution in [2.75, 3.05) is 19.1 Å². The number of ether oxygens (including phenoxy) is 2. The Labute approximate surface area is 131 Å². The Balaban J connectivity index is 2.22. The van der Waals surface area contributed by atoms with Crippen molar-refractivity contribution < 1.29 is 14.3 Å². The van der Waals surface area contributed by atoms with Gasteiger partial charge in [-0.2, -0.15) is 0 Å². The lowest BCUT2D eigenvalue weighted by atomic mass is 10.1. The molecule has 0 atom stereocenters. The fraction of sp³-hybridized carbons (Fsp3) is 0.278. The first-order valence-electron chi connectivity index (χ1n) is 7.13. The number of carbonyl (C=O) groups is 1. The molecule has 0 saturated carbocycles. The van der Waals surface area contributed by atoms with E-state index in [-0.39, 0.29) is 0 Å². The maximum absolute atomic E-state index is 11.7. The molecule has 0 heterocycles. The van der Waals surface area contributed by atoms with Crippen molar-refractivity contribution in [2.45, 2.75) is 20.5 Å². The van der Waals surface area contributed by atoms with Crippen LogP contribution in [0.5, 0.6) is 5.75 Å². The summed E-state index contributed by atoms with van der Waals surface area (Å²) in [5, 5.41) is 0. The van der Waals surface area contributed by atoms with E-state index in [9.17, 15) is 4.79 Å². The van der Waals surface area contributed by atoms with Gasteiger partial charge in [0.25, 0.3) is 0 Å². The molecule has 2 aromatic carbocycles. The molecular weight excluding hydrogens is 278 g/mol. The number of hydrogen-bond donors (Lipinski definition) is 0. The topological polar surface area (TPSA) is 38.8 Å². The van der Waals surface area contributed by atoms with Crippen LogP contribution in [0.15, 0.2) is 42.5 Å². The Morgan fingerprint density at radius 2 is 1.68 bits per heavy atom. The van der Waals surface area contributed by atoms with Gasteiger partial charge >= 0.3 is 6.09 Å². The highest BCUT2D eigenvalue weighted by Gasteiger charge is 2.15. The summed E-state index contributed by atoms with van der Waals surface area (Å²) in [4.78, 5) is 13.2. The number of rotatable bonds is 4. The molecular formula is C18H21NO3. The summed E-state index contributed by atoms with van der Waals surface area (Å²) in [6, 6.07) is 13.7. The van der Waals surface area contributed by atoms with Crippen LogP contribution in [0.25, 0.3) is 0 Å². The maximum Gasteiger partial charge on any atom is 0.413 e. The summed E-state index contributed by atoms with van der Waals surface area (Å²) < 4.78 is 10.7. The molecule has 0 bridgehead atoms. The average molecular weight is 299 g/mol. The minimum Gasteiger partial charge on any atom is -0.488 e. The van der Waals surface area contributed by atoms with Crippen molar-refractivity contribution in [1.82, 2.24) is 0 Å². The number of anilines is 1. The minimum absolute atomic E-state index is 0.392. The Kier molecular flexibility index (Phi) is 5.04. The number of amides is 1. The van der Waals surface area contributed by atoms with Gasteiger partial charge in [0, 0.05) is 12.6 Å². The molecule has 0 aromatic heterocycles. The second-order valence-electron chi connectivity index (χ2n) is 5.17. The van der Waals surface area contributed by atoms with Crippen LogP contribution in [-0.2, 0) is 11.3 Å². The highest BCUT2D eigenvalue weighted by atomic mass is 16.5. The van der Waals surface area contributed by atoms with E-state index >= 15 is 0 Å². The third kappa shape index (κ3) is 3.39. The van der Waals surface area contributed by atoms with E-state index < -0.39 is 6.09 Å². The molecule has 2 aromatic rings. The number of carbonyl (C=O) groups excluding carboxylic acids is 1. The Hall–Kier alpha value is -2.49. The van der Waals surface area contributed by atoms with E-state index in [1.54, 1.807) is 7.05 Å². The van der Waals surface area contributed by atoms with Crippen LogP contribution in [0.4, 0.5) is 10.5 Å². The van der Waals surface area contributed by atoms with E-state index in [0.717, 1.165) is 28.1 Å². The third-order valence-corrected chi connectivity index (χ3v) is 3.58. The summed E-state index contributed by atoms with van der Waals surface area (Å²) in [5.41, 5.74) is 3.90. The molecule has 0 aliphatic carbocycles. The van der Waals surface area contributed by atoms with E-state index in [4.69, 9.17) is 9.47 Å². The number of nitrogens with zero attached hydrogens (tertiary/aromatic N) is 1. The predicted molar refractivity (Wildman–Crippen MR) is 87.5 cm³/mol. The van der Waals surface area contributed by atoms with Gasteiger partial charge in [-0.25, -0.2) is 4.79 Å². The zero-order chi connectivity index (χ0) is 16.1. The fourth-order valence-corrected chi connectivity index (χ4v) is 2.37. The van der Waals surface area contributed by atoms with Crippen LogP contribution >= 0.6 is 0 Å². The number of methoxy groups -OCH3 is 1. The Morgan fingerprint density at radius 3 is 2.32 bits per heavy atom. The van der Waals surface area contributed by atoms with Gasteiger partial charge in [-0.3, -0.25) is 4.90 Å². The van der Waals surface area contributed by atoms with Gasteiger partial charge in [0.05, 0.1) is 12.8 Å². The summed E-state index contributed by atoms with van der Waals surface area (Å²) in [7, 11) is 3.05. The highest BCUT2D eigenvalue weighted by Crippen LogP contribution is 2.26. The third-order valence-electron chi connectivity index (χ3n) is 3.58. The average Bonchev–Trinajstić information content (AvgIpc) is 2.53. The van der Waals surface area contributed by atoms with Crippen LogP contribution in [0.3, 0.4) is 0 Å². The standard InChI is InChI=1S/C18H21NO3/c1-13-8-7-9-14(2)17(13)22-12-15-10-5-6-11-16(15)19(3)18(20)21-4/h5-11H,12H2,1-4H3. The molecule has 0 radical (unpaired) electrons. The number of hydrogen-bond acceptors (Lipinski definition) is 3. The summed E-state index contributed by atoms with van der Waals surface area (Å²) >= 11 is 0. The van der Waals surface area contributed by atoms with Crippen molar-refractivity contribution in [3.8, 4) is 5.75 Å². The van der Waals surface area contributed by atoms with Gasteiger partial charge in [0.2, 0.25) is 0 Å². The van der Waals surface area contributed by atoms with Crippen molar-refractivity contribution in [1.29, 1.82) is 0 Å². The molecule has 0 fully saturated rings. The van der Waals surface area contributed by atoms with Crippen molar-refractivity contribution >= 4 is 11.8 Å². The summed E-state index contributed by atoms with van der Waals surface area (Å²) in [5.74, 6) is 0.887. The zero-order valence-electron chi connectivity index (χ0n) is 13.4. The Morgan fingerprint density at radius 1 is 1.05 bits per heavy atom. The molecule has 4 heteroatoms. The number of para-hydroxylation sites is 2.